The molecule has 0 atom stereocenters. The van der Waals surface area contributed by atoms with Crippen molar-refractivity contribution in [3.8, 4) is 34.5 Å². The van der Waals surface area contributed by atoms with Crippen LogP contribution in [0.15, 0.2) is 140 Å². The molecule has 0 aliphatic carbocycles. The van der Waals surface area contributed by atoms with E-state index >= 15 is 0 Å². The van der Waals surface area contributed by atoms with Gasteiger partial charge >= 0.3 is 0 Å². The second-order valence-electron chi connectivity index (χ2n) is 13.3. The topological polar surface area (TPSA) is 102 Å². The molecule has 9 heteroatoms. The molecule has 2 aliphatic rings. The summed E-state index contributed by atoms with van der Waals surface area (Å²) in [5.74, 6) is 1.88. The van der Waals surface area contributed by atoms with Crippen LogP contribution in [0.4, 0.5) is 5.69 Å². The molecule has 6 aromatic rings. The van der Waals surface area contributed by atoms with Gasteiger partial charge in [0.1, 0.15) is 34.5 Å². The highest BCUT2D eigenvalue weighted by Gasteiger charge is 2.37. The lowest BCUT2D eigenvalue weighted by atomic mass is 9.78. The van der Waals surface area contributed by atoms with Crippen molar-refractivity contribution >= 4 is 29.3 Å². The van der Waals surface area contributed by atoms with Gasteiger partial charge in [-0.25, -0.2) is 4.90 Å². The normalized spacial score (nSPS) is 13.6. The molecule has 4 amide bonds. The Balaban J connectivity index is 0.923. The van der Waals surface area contributed by atoms with Crippen molar-refractivity contribution in [2.75, 3.05) is 11.9 Å². The molecule has 9 nitrogen and oxygen atoms in total. The van der Waals surface area contributed by atoms with Crippen LogP contribution in [-0.4, -0.2) is 35.6 Å². The van der Waals surface area contributed by atoms with Gasteiger partial charge in [0.05, 0.1) is 27.9 Å². The van der Waals surface area contributed by atoms with Gasteiger partial charge in [0.15, 0.2) is 0 Å². The number of benzene rings is 6. The first kappa shape index (κ1) is 33.2. The number of amides is 4. The molecule has 53 heavy (non-hydrogen) atoms. The van der Waals surface area contributed by atoms with E-state index in [1.54, 1.807) is 60.7 Å². The minimum absolute atomic E-state index is 0.273. The van der Waals surface area contributed by atoms with Crippen LogP contribution in [0.1, 0.15) is 66.4 Å². The Morgan fingerprint density at radius 1 is 0.415 bits per heavy atom. The number of rotatable bonds is 9. The number of ether oxygens (including phenoxy) is 3. The van der Waals surface area contributed by atoms with Crippen molar-refractivity contribution in [2.24, 2.45) is 0 Å². The Labute approximate surface area is 305 Å². The molecule has 0 spiro atoms. The smallest absolute Gasteiger partial charge is 0.266 e. The zero-order valence-corrected chi connectivity index (χ0v) is 29.0. The van der Waals surface area contributed by atoms with E-state index in [0.29, 0.717) is 56.9 Å². The first-order chi connectivity index (χ1) is 25.6. The Bertz CT molecular complexity index is 2420. The number of hydrogen-bond acceptors (Lipinski definition) is 7. The summed E-state index contributed by atoms with van der Waals surface area (Å²) in [6, 6.07) is 41.4. The number of carbonyl (C=O) groups excluding carboxylic acids is 4. The van der Waals surface area contributed by atoms with Gasteiger partial charge in [-0.2, -0.15) is 0 Å². The molecule has 2 aliphatic heterocycles. The van der Waals surface area contributed by atoms with Gasteiger partial charge in [-0.15, -0.1) is 0 Å². The molecule has 0 unspecified atom stereocenters. The highest BCUT2D eigenvalue weighted by atomic mass is 16.5. The van der Waals surface area contributed by atoms with E-state index in [1.807, 2.05) is 78.9 Å². The summed E-state index contributed by atoms with van der Waals surface area (Å²) in [4.78, 5) is 53.6. The molecular weight excluding hydrogens is 668 g/mol. The quantitative estimate of drug-likeness (QED) is 0.139. The molecule has 0 radical (unpaired) electrons. The minimum atomic E-state index is -0.424. The zero-order chi connectivity index (χ0) is 36.9. The van der Waals surface area contributed by atoms with E-state index in [2.05, 4.69) is 13.8 Å². The number of fused-ring (bicyclic) bond motifs is 2. The van der Waals surface area contributed by atoms with Crippen LogP contribution in [-0.2, 0) is 5.41 Å². The minimum Gasteiger partial charge on any atom is -0.457 e. The van der Waals surface area contributed by atoms with Crippen LogP contribution in [0.3, 0.4) is 0 Å². The predicted octanol–water partition coefficient (Wildman–Crippen LogP) is 9.42. The Morgan fingerprint density at radius 2 is 0.792 bits per heavy atom. The molecule has 260 valence electrons. The lowest BCUT2D eigenvalue weighted by Gasteiger charge is -2.26. The second kappa shape index (κ2) is 13.0. The molecule has 0 N–H and O–H groups in total. The average Bonchev–Trinajstić information content (AvgIpc) is 3.55. The van der Waals surface area contributed by atoms with Crippen LogP contribution < -0.4 is 19.1 Å². The molecule has 0 saturated carbocycles. The molecule has 2 heterocycles. The van der Waals surface area contributed by atoms with Gasteiger partial charge in [-0.3, -0.25) is 24.1 Å². The van der Waals surface area contributed by atoms with Gasteiger partial charge in [-0.1, -0.05) is 56.3 Å². The van der Waals surface area contributed by atoms with Crippen molar-refractivity contribution in [1.29, 1.82) is 0 Å². The third-order valence-electron chi connectivity index (χ3n) is 9.62. The van der Waals surface area contributed by atoms with Gasteiger partial charge in [0.2, 0.25) is 0 Å². The third kappa shape index (κ3) is 6.08. The van der Waals surface area contributed by atoms with E-state index in [-0.39, 0.29) is 22.8 Å². The van der Waals surface area contributed by atoms with Crippen LogP contribution in [0.5, 0.6) is 34.5 Å². The SMILES string of the molecule is CN1C(=O)c2ccc(Oc3ccc(C(C)(C)c4ccc(Oc5ccc6c(c5)C(=O)N(c5ccc(Oc7ccccc7)cc5)C6=O)cc4)cc3)cc2C1=O. The predicted molar refractivity (Wildman–Crippen MR) is 199 cm³/mol. The van der Waals surface area contributed by atoms with Crippen LogP contribution in [0.2, 0.25) is 0 Å². The maximum absolute atomic E-state index is 13.4. The van der Waals surface area contributed by atoms with Crippen molar-refractivity contribution in [3.05, 3.63) is 173 Å². The molecule has 0 saturated heterocycles. The number of carbonyl (C=O) groups is 4. The van der Waals surface area contributed by atoms with E-state index in [4.69, 9.17) is 14.2 Å². The lowest BCUT2D eigenvalue weighted by molar-refractivity contribution is 0.0692. The van der Waals surface area contributed by atoms with E-state index < -0.39 is 11.8 Å². The highest BCUT2D eigenvalue weighted by molar-refractivity contribution is 6.34. The fraction of sp³-hybridized carbons (Fsp3) is 0.0909. The molecule has 0 aromatic heterocycles. The molecule has 8 rings (SSSR count). The van der Waals surface area contributed by atoms with Crippen molar-refractivity contribution in [2.45, 2.75) is 19.3 Å². The van der Waals surface area contributed by atoms with Gasteiger partial charge in [0.25, 0.3) is 23.6 Å². The lowest BCUT2D eigenvalue weighted by Crippen LogP contribution is -2.29. The van der Waals surface area contributed by atoms with Crippen molar-refractivity contribution in [1.82, 2.24) is 4.90 Å². The Morgan fingerprint density at radius 3 is 1.32 bits per heavy atom. The fourth-order valence-corrected chi connectivity index (χ4v) is 6.53. The van der Waals surface area contributed by atoms with Crippen LogP contribution >= 0.6 is 0 Å². The first-order valence-corrected chi connectivity index (χ1v) is 17.0. The fourth-order valence-electron chi connectivity index (χ4n) is 6.53. The monoisotopic (exact) mass is 700 g/mol. The number of imide groups is 2. The summed E-state index contributed by atoms with van der Waals surface area (Å²) < 4.78 is 18.0. The van der Waals surface area contributed by atoms with Crippen LogP contribution in [0, 0.1) is 0 Å². The second-order valence-corrected chi connectivity index (χ2v) is 13.3. The number of anilines is 1. The zero-order valence-electron chi connectivity index (χ0n) is 29.0. The van der Waals surface area contributed by atoms with E-state index in [1.165, 1.54) is 7.05 Å². The van der Waals surface area contributed by atoms with E-state index in [9.17, 15) is 19.2 Å². The molecule has 0 fully saturated rings. The third-order valence-corrected chi connectivity index (χ3v) is 9.62. The molecular formula is C44H32N2O7. The summed E-state index contributed by atoms with van der Waals surface area (Å²) in [6.07, 6.45) is 0. The Hall–Kier alpha value is -7.00. The van der Waals surface area contributed by atoms with E-state index in [0.717, 1.165) is 20.9 Å². The largest absolute Gasteiger partial charge is 0.457 e. The first-order valence-electron chi connectivity index (χ1n) is 17.0. The standard InChI is InChI=1S/C44H32N2O7/c1-44(2,27-9-15-31(16-10-27)52-34-21-23-36-38(25-34)41(48)45(3)40(36)47)28-11-17-32(18-12-28)53-35-22-24-37-39(26-35)43(50)46(42(37)49)29-13-19-33(20-14-29)51-30-7-5-4-6-8-30/h4-26H,1-3H3. The summed E-state index contributed by atoms with van der Waals surface area (Å²) in [7, 11) is 1.46. The maximum atomic E-state index is 13.4. The summed E-state index contributed by atoms with van der Waals surface area (Å²) >= 11 is 0. The number of hydrogen-bond donors (Lipinski definition) is 0. The molecule has 6 aromatic carbocycles. The van der Waals surface area contributed by atoms with Gasteiger partial charge in [0, 0.05) is 12.5 Å². The van der Waals surface area contributed by atoms with Gasteiger partial charge < -0.3 is 14.2 Å². The highest BCUT2D eigenvalue weighted by Crippen LogP contribution is 2.37. The summed E-state index contributed by atoms with van der Waals surface area (Å²) in [6.45, 7) is 4.24. The maximum Gasteiger partial charge on any atom is 0.266 e. The number of nitrogens with zero attached hydrogens (tertiary/aromatic N) is 2. The summed E-state index contributed by atoms with van der Waals surface area (Å²) in [5.41, 5.74) is 3.48. The van der Waals surface area contributed by atoms with Gasteiger partial charge in [-0.05, 0) is 108 Å². The summed E-state index contributed by atoms with van der Waals surface area (Å²) in [5, 5.41) is 0. The average molecular weight is 701 g/mol. The Kier molecular flexibility index (Phi) is 8.11. The van der Waals surface area contributed by atoms with Crippen molar-refractivity contribution < 1.29 is 33.4 Å². The van der Waals surface area contributed by atoms with Crippen molar-refractivity contribution in [3.63, 3.8) is 0 Å². The number of para-hydroxylation sites is 1. The molecule has 0 bridgehead atoms. The van der Waals surface area contributed by atoms with Crippen LogP contribution in [0.25, 0.3) is 0 Å².